The second kappa shape index (κ2) is 9.36. The van der Waals surface area contributed by atoms with Crippen molar-refractivity contribution in [2.45, 2.75) is 38.8 Å². The lowest BCUT2D eigenvalue weighted by Gasteiger charge is -2.23. The fourth-order valence-electron chi connectivity index (χ4n) is 4.24. The summed E-state index contributed by atoms with van der Waals surface area (Å²) in [6, 6.07) is 1.63. The van der Waals surface area contributed by atoms with E-state index < -0.39 is 6.10 Å². The van der Waals surface area contributed by atoms with E-state index in [0.29, 0.717) is 45.9 Å². The highest BCUT2D eigenvalue weighted by atomic mass is 79.9. The van der Waals surface area contributed by atoms with Gasteiger partial charge in [0.1, 0.15) is 11.9 Å². The summed E-state index contributed by atoms with van der Waals surface area (Å²) in [5.74, 6) is 1.83. The minimum absolute atomic E-state index is 0.144. The Balaban J connectivity index is 2.46. The van der Waals surface area contributed by atoms with Gasteiger partial charge in [-0.3, -0.25) is 4.79 Å². The summed E-state index contributed by atoms with van der Waals surface area (Å²) in [4.78, 5) is 12.0. The first-order valence-electron chi connectivity index (χ1n) is 9.92. The van der Waals surface area contributed by atoms with Crippen molar-refractivity contribution in [2.75, 3.05) is 28.4 Å². The maximum atomic E-state index is 12.0. The zero-order valence-corrected chi connectivity index (χ0v) is 20.2. The molecule has 0 aliphatic heterocycles. The summed E-state index contributed by atoms with van der Waals surface area (Å²) < 4.78 is 23.1. The van der Waals surface area contributed by atoms with E-state index in [0.717, 1.165) is 22.3 Å². The lowest BCUT2D eigenvalue weighted by Crippen LogP contribution is -2.35. The Hall–Kier alpha value is -2.45. The number of aliphatic hydroxyl groups is 1. The summed E-state index contributed by atoms with van der Waals surface area (Å²) >= 11 is 3.66. The molecule has 2 atom stereocenters. The van der Waals surface area contributed by atoms with Crippen molar-refractivity contribution in [1.29, 1.82) is 0 Å². The van der Waals surface area contributed by atoms with Crippen LogP contribution in [-0.4, -0.2) is 51.6 Å². The zero-order valence-electron chi connectivity index (χ0n) is 18.6. The average molecular weight is 494 g/mol. The number of rotatable bonds is 5. The lowest BCUT2D eigenvalue weighted by atomic mass is 9.92. The van der Waals surface area contributed by atoms with Crippen LogP contribution in [0.4, 0.5) is 0 Å². The molecule has 1 aromatic carbocycles. The van der Waals surface area contributed by atoms with Crippen molar-refractivity contribution in [3.63, 3.8) is 0 Å². The van der Waals surface area contributed by atoms with Crippen LogP contribution in [0, 0.1) is 0 Å². The Kier molecular flexibility index (Phi) is 7.01. The van der Waals surface area contributed by atoms with E-state index in [9.17, 15) is 9.90 Å². The Morgan fingerprint density at radius 3 is 2.35 bits per heavy atom. The molecule has 168 valence electrons. The van der Waals surface area contributed by atoms with Gasteiger partial charge in [0, 0.05) is 18.1 Å². The molecule has 3 rings (SSSR count). The SMILES string of the molecule is COC1=C(Br)C2=C(C=C(C)[C@@H]1O)c1c(cc(OC)c(OC)c1OC)CC[C@@H]2NC(C)=O. The van der Waals surface area contributed by atoms with Crippen LogP contribution >= 0.6 is 15.9 Å². The third-order valence-corrected chi connectivity index (χ3v) is 6.44. The van der Waals surface area contributed by atoms with Gasteiger partial charge in [0.25, 0.3) is 0 Å². The van der Waals surface area contributed by atoms with Gasteiger partial charge in [0.2, 0.25) is 11.7 Å². The molecule has 0 bridgehead atoms. The number of aryl methyl sites for hydroxylation is 1. The van der Waals surface area contributed by atoms with E-state index in [4.69, 9.17) is 18.9 Å². The third kappa shape index (κ3) is 4.06. The highest BCUT2D eigenvalue weighted by Gasteiger charge is 2.35. The monoisotopic (exact) mass is 493 g/mol. The first-order valence-corrected chi connectivity index (χ1v) is 10.7. The van der Waals surface area contributed by atoms with Crippen LogP contribution in [-0.2, 0) is 16.0 Å². The average Bonchev–Trinajstić information content (AvgIpc) is 2.93. The molecule has 8 heteroatoms. The Morgan fingerprint density at radius 2 is 1.81 bits per heavy atom. The number of allylic oxidation sites excluding steroid dienone is 2. The van der Waals surface area contributed by atoms with Crippen molar-refractivity contribution in [1.82, 2.24) is 5.32 Å². The molecule has 0 aromatic heterocycles. The van der Waals surface area contributed by atoms with Gasteiger partial charge < -0.3 is 29.4 Å². The van der Waals surface area contributed by atoms with Crippen LogP contribution < -0.4 is 19.5 Å². The first-order chi connectivity index (χ1) is 14.8. The van der Waals surface area contributed by atoms with Gasteiger partial charge in [-0.25, -0.2) is 0 Å². The van der Waals surface area contributed by atoms with Gasteiger partial charge >= 0.3 is 0 Å². The van der Waals surface area contributed by atoms with Crippen molar-refractivity contribution < 1.29 is 28.8 Å². The maximum absolute atomic E-state index is 12.0. The topological polar surface area (TPSA) is 86.2 Å². The van der Waals surface area contributed by atoms with Crippen LogP contribution in [0.15, 0.2) is 33.5 Å². The summed E-state index contributed by atoms with van der Waals surface area (Å²) in [5, 5.41) is 13.9. The van der Waals surface area contributed by atoms with Crippen LogP contribution in [0.1, 0.15) is 31.4 Å². The second-order valence-corrected chi connectivity index (χ2v) is 8.26. The zero-order chi connectivity index (χ0) is 22.9. The standard InChI is InChI=1S/C23H28BrNO6/c1-11-9-14-17-13(10-16(28-3)21(29-4)22(17)30-5)7-8-15(25-12(2)26)18(14)19(24)23(31-6)20(11)27/h9-10,15,20,27H,7-8H2,1-6H3,(H,25,26)/t15-,20-/m0/s1. The molecule has 2 aliphatic rings. The van der Waals surface area contributed by atoms with E-state index in [1.807, 2.05) is 19.1 Å². The molecule has 0 saturated heterocycles. The van der Waals surface area contributed by atoms with Crippen molar-refractivity contribution in [3.05, 3.63) is 44.7 Å². The molecule has 0 fully saturated rings. The van der Waals surface area contributed by atoms with Gasteiger partial charge in [0.15, 0.2) is 11.5 Å². The fraction of sp³-hybridized carbons (Fsp3) is 0.435. The van der Waals surface area contributed by atoms with Crippen LogP contribution in [0.5, 0.6) is 17.2 Å². The molecular weight excluding hydrogens is 466 g/mol. The Morgan fingerprint density at radius 1 is 1.13 bits per heavy atom. The number of benzene rings is 1. The minimum Gasteiger partial charge on any atom is -0.497 e. The highest BCUT2D eigenvalue weighted by Crippen LogP contribution is 2.50. The molecule has 0 heterocycles. The molecule has 1 amide bonds. The number of hydrogen-bond donors (Lipinski definition) is 2. The number of carbonyl (C=O) groups is 1. The van der Waals surface area contributed by atoms with Crippen LogP contribution in [0.25, 0.3) is 5.57 Å². The summed E-state index contributed by atoms with van der Waals surface area (Å²) in [7, 11) is 6.25. The number of carbonyl (C=O) groups excluding carboxylic acids is 1. The molecule has 2 aliphatic carbocycles. The number of fused-ring (bicyclic) bond motifs is 2. The summed E-state index contributed by atoms with van der Waals surface area (Å²) in [6.07, 6.45) is 2.29. The number of ether oxygens (including phenoxy) is 4. The highest BCUT2D eigenvalue weighted by molar-refractivity contribution is 9.12. The molecule has 31 heavy (non-hydrogen) atoms. The van der Waals surface area contributed by atoms with E-state index in [-0.39, 0.29) is 11.9 Å². The quantitative estimate of drug-likeness (QED) is 0.652. The molecule has 0 spiro atoms. The molecule has 0 saturated carbocycles. The molecule has 0 unspecified atom stereocenters. The van der Waals surface area contributed by atoms with Crippen molar-refractivity contribution >= 4 is 27.4 Å². The Labute approximate surface area is 190 Å². The number of halogens is 1. The predicted octanol–water partition coefficient (Wildman–Crippen LogP) is 3.49. The van der Waals surface area contributed by atoms with E-state index >= 15 is 0 Å². The van der Waals surface area contributed by atoms with Crippen molar-refractivity contribution in [3.8, 4) is 17.2 Å². The number of amides is 1. The van der Waals surface area contributed by atoms with Gasteiger partial charge in [-0.15, -0.1) is 0 Å². The van der Waals surface area contributed by atoms with Gasteiger partial charge in [-0.05, 0) is 58.5 Å². The molecule has 0 radical (unpaired) electrons. The lowest BCUT2D eigenvalue weighted by molar-refractivity contribution is -0.119. The van der Waals surface area contributed by atoms with E-state index in [1.54, 1.807) is 21.3 Å². The first kappa shape index (κ1) is 23.2. The number of methoxy groups -OCH3 is 4. The molecule has 2 N–H and O–H groups in total. The largest absolute Gasteiger partial charge is 0.497 e. The van der Waals surface area contributed by atoms with Crippen LogP contribution in [0.2, 0.25) is 0 Å². The van der Waals surface area contributed by atoms with Gasteiger partial charge in [-0.1, -0.05) is 6.08 Å². The molecule has 7 nitrogen and oxygen atoms in total. The summed E-state index contributed by atoms with van der Waals surface area (Å²) in [5.41, 5.74) is 4.16. The normalized spacial score (nSPS) is 20.7. The van der Waals surface area contributed by atoms with Gasteiger partial charge in [-0.2, -0.15) is 0 Å². The van der Waals surface area contributed by atoms with Crippen molar-refractivity contribution in [2.24, 2.45) is 0 Å². The second-order valence-electron chi connectivity index (χ2n) is 7.47. The third-order valence-electron chi connectivity index (χ3n) is 5.62. The van der Waals surface area contributed by atoms with E-state index in [1.165, 1.54) is 14.0 Å². The number of nitrogens with one attached hydrogen (secondary N) is 1. The minimum atomic E-state index is -0.932. The number of aliphatic hydroxyl groups excluding tert-OH is 1. The Bertz CT molecular complexity index is 994. The van der Waals surface area contributed by atoms with E-state index in [2.05, 4.69) is 21.2 Å². The van der Waals surface area contributed by atoms with Crippen LogP contribution in [0.3, 0.4) is 0 Å². The number of hydrogen-bond acceptors (Lipinski definition) is 6. The summed E-state index contributed by atoms with van der Waals surface area (Å²) in [6.45, 7) is 3.33. The smallest absolute Gasteiger partial charge is 0.217 e. The predicted molar refractivity (Wildman–Crippen MR) is 122 cm³/mol. The molecular formula is C23H28BrNO6. The maximum Gasteiger partial charge on any atom is 0.217 e. The fourth-order valence-corrected chi connectivity index (χ4v) is 5.11. The van der Waals surface area contributed by atoms with Gasteiger partial charge in [0.05, 0.1) is 39.0 Å². The molecule has 1 aromatic rings.